The number of rotatable bonds is 14. The SMILES string of the molecule is COc1cccc2[nH]c(C(=O)N[C@@H](CC(C)C)C(=O)NC(CC3CC4(CCCCC4)NC3=O)C(=O)COC(=O)C(=O)c3ccccc3)cc12. The summed E-state index contributed by atoms with van der Waals surface area (Å²) in [5, 5.41) is 9.41. The Hall–Kier alpha value is -5.00. The van der Waals surface area contributed by atoms with Gasteiger partial charge in [0.1, 0.15) is 17.5 Å². The van der Waals surface area contributed by atoms with Gasteiger partial charge in [0.05, 0.1) is 13.2 Å². The average Bonchev–Trinajstić information content (AvgIpc) is 3.67. The number of hydrogen-bond acceptors (Lipinski definition) is 8. The molecule has 2 fully saturated rings. The van der Waals surface area contributed by atoms with Crippen molar-refractivity contribution >= 4 is 46.2 Å². The first-order valence-corrected chi connectivity index (χ1v) is 16.9. The van der Waals surface area contributed by atoms with Crippen molar-refractivity contribution in [2.75, 3.05) is 13.7 Å². The van der Waals surface area contributed by atoms with Gasteiger partial charge >= 0.3 is 5.97 Å². The van der Waals surface area contributed by atoms with Gasteiger partial charge < -0.3 is 30.4 Å². The van der Waals surface area contributed by atoms with Crippen LogP contribution in [-0.4, -0.2) is 71.6 Å². The van der Waals surface area contributed by atoms with E-state index in [1.165, 1.54) is 19.2 Å². The summed E-state index contributed by atoms with van der Waals surface area (Å²) in [5.41, 5.74) is 0.698. The number of H-pyrrole nitrogens is 1. The molecule has 1 spiro atoms. The van der Waals surface area contributed by atoms with Crippen molar-refractivity contribution in [1.29, 1.82) is 0 Å². The zero-order valence-electron chi connectivity index (χ0n) is 28.1. The van der Waals surface area contributed by atoms with Crippen LogP contribution >= 0.6 is 0 Å². The van der Waals surface area contributed by atoms with Crippen molar-refractivity contribution in [3.8, 4) is 5.75 Å². The molecule has 4 N–H and O–H groups in total. The Morgan fingerprint density at radius 2 is 1.67 bits per heavy atom. The van der Waals surface area contributed by atoms with Crippen molar-refractivity contribution < 1.29 is 38.2 Å². The standard InChI is InChI=1S/C37H44N4O8/c1-22(2)17-28(40-35(46)29-19-25-26(38-29)13-10-14-31(25)48-3)34(45)39-27(18-24-20-37(41-33(24)44)15-8-5-9-16-37)30(42)21-49-36(47)32(43)23-11-6-4-7-12-23/h4,6-7,10-14,19,22,24,27-28,38H,5,8-9,15-18,20-21H2,1-3H3,(H,39,45)(H,40,46)(H,41,44)/t24?,27?,28-/m0/s1. The van der Waals surface area contributed by atoms with Crippen LogP contribution in [0.5, 0.6) is 5.75 Å². The quantitative estimate of drug-likeness (QED) is 0.113. The number of fused-ring (bicyclic) bond motifs is 1. The molecule has 2 aliphatic rings. The van der Waals surface area contributed by atoms with Gasteiger partial charge in [0, 0.05) is 27.9 Å². The van der Waals surface area contributed by atoms with E-state index in [0.717, 1.165) is 32.1 Å². The number of aromatic nitrogens is 1. The minimum Gasteiger partial charge on any atom is -0.496 e. The first-order valence-electron chi connectivity index (χ1n) is 16.9. The van der Waals surface area contributed by atoms with Crippen LogP contribution < -0.4 is 20.7 Å². The van der Waals surface area contributed by atoms with E-state index >= 15 is 0 Å². The van der Waals surface area contributed by atoms with E-state index in [1.807, 2.05) is 13.8 Å². The highest BCUT2D eigenvalue weighted by molar-refractivity contribution is 6.40. The maximum Gasteiger partial charge on any atom is 0.380 e. The van der Waals surface area contributed by atoms with Gasteiger partial charge in [-0.2, -0.15) is 0 Å². The lowest BCUT2D eigenvalue weighted by atomic mass is 9.78. The second-order valence-corrected chi connectivity index (χ2v) is 13.5. The Kier molecular flexibility index (Phi) is 11.2. The van der Waals surface area contributed by atoms with E-state index in [2.05, 4.69) is 20.9 Å². The van der Waals surface area contributed by atoms with Crippen molar-refractivity contribution in [2.24, 2.45) is 11.8 Å². The first-order chi connectivity index (χ1) is 23.5. The highest BCUT2D eigenvalue weighted by Gasteiger charge is 2.46. The van der Waals surface area contributed by atoms with Crippen molar-refractivity contribution in [2.45, 2.75) is 82.8 Å². The summed E-state index contributed by atoms with van der Waals surface area (Å²) in [6, 6.07) is 12.6. The summed E-state index contributed by atoms with van der Waals surface area (Å²) in [6.45, 7) is 3.02. The normalized spacial score (nSPS) is 18.0. The molecule has 3 aromatic rings. The van der Waals surface area contributed by atoms with Crippen molar-refractivity contribution in [3.05, 3.63) is 65.9 Å². The minimum atomic E-state index is -1.22. The van der Waals surface area contributed by atoms with Gasteiger partial charge in [0.2, 0.25) is 11.8 Å². The van der Waals surface area contributed by atoms with Crippen LogP contribution in [-0.2, 0) is 23.9 Å². The molecule has 12 heteroatoms. The third-order valence-corrected chi connectivity index (χ3v) is 9.42. The number of ether oxygens (including phenoxy) is 2. The predicted octanol–water partition coefficient (Wildman–Crippen LogP) is 4.03. The number of amides is 3. The number of ketones is 2. The summed E-state index contributed by atoms with van der Waals surface area (Å²) in [5.74, 6) is -4.09. The van der Waals surface area contributed by atoms with Crippen LogP contribution in [0.15, 0.2) is 54.6 Å². The number of carbonyl (C=O) groups excluding carboxylic acids is 6. The van der Waals surface area contributed by atoms with E-state index < -0.39 is 54.0 Å². The average molecular weight is 673 g/mol. The predicted molar refractivity (Wildman–Crippen MR) is 181 cm³/mol. The lowest BCUT2D eigenvalue weighted by molar-refractivity contribution is -0.144. The maximum absolute atomic E-state index is 13.8. The summed E-state index contributed by atoms with van der Waals surface area (Å²) in [6.07, 6.45) is 5.55. The molecular weight excluding hydrogens is 628 g/mol. The molecule has 1 aliphatic carbocycles. The molecule has 5 rings (SSSR count). The van der Waals surface area contributed by atoms with Gasteiger partial charge in [-0.1, -0.05) is 69.5 Å². The number of nitrogens with one attached hydrogen (secondary N) is 4. The fraction of sp³-hybridized carbons (Fsp3) is 0.459. The third kappa shape index (κ3) is 8.54. The highest BCUT2D eigenvalue weighted by atomic mass is 16.5. The summed E-state index contributed by atoms with van der Waals surface area (Å²) < 4.78 is 10.5. The number of esters is 1. The molecule has 1 aliphatic heterocycles. The molecule has 12 nitrogen and oxygen atoms in total. The second kappa shape index (κ2) is 15.5. The van der Waals surface area contributed by atoms with Crippen LogP contribution in [0.4, 0.5) is 0 Å². The first kappa shape index (κ1) is 35.3. The summed E-state index contributed by atoms with van der Waals surface area (Å²) in [7, 11) is 1.54. The fourth-order valence-electron chi connectivity index (χ4n) is 6.93. The molecule has 1 saturated heterocycles. The number of Topliss-reactive ketones (excluding diaryl/α,β-unsaturated/α-hetero) is 2. The van der Waals surface area contributed by atoms with Gasteiger partial charge in [0.25, 0.3) is 11.7 Å². The maximum atomic E-state index is 13.8. The lowest BCUT2D eigenvalue weighted by Crippen LogP contribution is -2.53. The smallest absolute Gasteiger partial charge is 0.380 e. The number of aromatic amines is 1. The number of benzene rings is 2. The molecule has 2 unspecified atom stereocenters. The number of carbonyl (C=O) groups is 6. The van der Waals surface area contributed by atoms with Gasteiger partial charge in [0.15, 0.2) is 12.4 Å². The van der Waals surface area contributed by atoms with Crippen molar-refractivity contribution in [1.82, 2.24) is 20.9 Å². The topological polar surface area (TPSA) is 173 Å². The van der Waals surface area contributed by atoms with Crippen LogP contribution in [0.1, 0.15) is 86.1 Å². The number of methoxy groups -OCH3 is 1. The van der Waals surface area contributed by atoms with Gasteiger partial charge in [-0.15, -0.1) is 0 Å². The number of hydrogen-bond donors (Lipinski definition) is 4. The Bertz CT molecular complexity index is 1710. The molecule has 0 bridgehead atoms. The summed E-state index contributed by atoms with van der Waals surface area (Å²) in [4.78, 5) is 82.2. The van der Waals surface area contributed by atoms with Crippen LogP contribution in [0.2, 0.25) is 0 Å². The Morgan fingerprint density at radius 1 is 0.939 bits per heavy atom. The molecule has 1 saturated carbocycles. The van der Waals surface area contributed by atoms with E-state index in [1.54, 1.807) is 42.5 Å². The van der Waals surface area contributed by atoms with E-state index in [4.69, 9.17) is 9.47 Å². The molecule has 3 atom stereocenters. The van der Waals surface area contributed by atoms with Crippen LogP contribution in [0, 0.1) is 11.8 Å². The van der Waals surface area contributed by atoms with Gasteiger partial charge in [-0.25, -0.2) is 4.79 Å². The molecule has 2 heterocycles. The Labute approximate surface area is 285 Å². The second-order valence-electron chi connectivity index (χ2n) is 13.5. The Morgan fingerprint density at radius 3 is 2.37 bits per heavy atom. The van der Waals surface area contributed by atoms with E-state index in [-0.39, 0.29) is 41.5 Å². The fourth-order valence-corrected chi connectivity index (χ4v) is 6.93. The van der Waals surface area contributed by atoms with Gasteiger partial charge in [-0.05, 0) is 56.2 Å². The van der Waals surface area contributed by atoms with E-state index in [0.29, 0.717) is 23.1 Å². The zero-order valence-corrected chi connectivity index (χ0v) is 28.1. The highest BCUT2D eigenvalue weighted by Crippen LogP contribution is 2.39. The monoisotopic (exact) mass is 672 g/mol. The molecule has 2 aromatic carbocycles. The molecule has 49 heavy (non-hydrogen) atoms. The Balaban J connectivity index is 1.32. The van der Waals surface area contributed by atoms with Gasteiger partial charge in [-0.3, -0.25) is 24.0 Å². The van der Waals surface area contributed by atoms with Crippen LogP contribution in [0.3, 0.4) is 0 Å². The molecule has 260 valence electrons. The third-order valence-electron chi connectivity index (χ3n) is 9.42. The molecular formula is C37H44N4O8. The summed E-state index contributed by atoms with van der Waals surface area (Å²) >= 11 is 0. The lowest BCUT2D eigenvalue weighted by Gasteiger charge is -2.33. The van der Waals surface area contributed by atoms with E-state index in [9.17, 15) is 28.8 Å². The minimum absolute atomic E-state index is 0.00951. The molecule has 1 aromatic heterocycles. The molecule has 3 amide bonds. The largest absolute Gasteiger partial charge is 0.496 e. The van der Waals surface area contributed by atoms with Crippen molar-refractivity contribution in [3.63, 3.8) is 0 Å². The zero-order chi connectivity index (χ0) is 35.1. The molecule has 0 radical (unpaired) electrons. The van der Waals surface area contributed by atoms with Crippen LogP contribution in [0.25, 0.3) is 10.9 Å².